The number of carbonyl (C=O) groups is 2. The number of nitrogens with one attached hydrogen (secondary N) is 3. The molecule has 0 spiro atoms. The van der Waals surface area contributed by atoms with Crippen molar-refractivity contribution < 1.29 is 9.59 Å². The topological polar surface area (TPSA) is 130 Å². The Morgan fingerprint density at radius 1 is 1.12 bits per heavy atom. The maximum atomic E-state index is 12.9. The monoisotopic (exact) mass is 464 g/mol. The highest BCUT2D eigenvalue weighted by Crippen LogP contribution is 2.23. The summed E-state index contributed by atoms with van der Waals surface area (Å²) in [6, 6.07) is 14.3. The molecule has 0 fully saturated rings. The SMILES string of the molecule is CC(C)[C@H](NC(=O)c1ccc(NC(=O)CSc2nnnn2C)cc1)c1nc2ccccc2[nH]1. The van der Waals surface area contributed by atoms with Gasteiger partial charge in [-0.1, -0.05) is 37.7 Å². The van der Waals surface area contributed by atoms with Crippen molar-refractivity contribution in [3.05, 3.63) is 59.9 Å². The van der Waals surface area contributed by atoms with Crippen LogP contribution in [0.25, 0.3) is 11.0 Å². The largest absolute Gasteiger partial charge is 0.342 e. The zero-order valence-corrected chi connectivity index (χ0v) is 19.3. The van der Waals surface area contributed by atoms with E-state index in [1.807, 2.05) is 38.1 Å². The van der Waals surface area contributed by atoms with Gasteiger partial charge in [0.25, 0.3) is 5.91 Å². The predicted molar refractivity (Wildman–Crippen MR) is 126 cm³/mol. The van der Waals surface area contributed by atoms with Crippen molar-refractivity contribution in [3.63, 3.8) is 0 Å². The van der Waals surface area contributed by atoms with Gasteiger partial charge in [-0.05, 0) is 52.7 Å². The molecule has 0 radical (unpaired) electrons. The first-order valence-corrected chi connectivity index (χ1v) is 11.4. The van der Waals surface area contributed by atoms with Gasteiger partial charge >= 0.3 is 0 Å². The molecule has 11 heteroatoms. The second-order valence-corrected chi connectivity index (χ2v) is 8.78. The minimum absolute atomic E-state index is 0.134. The summed E-state index contributed by atoms with van der Waals surface area (Å²) in [7, 11) is 1.71. The van der Waals surface area contributed by atoms with Crippen molar-refractivity contribution in [2.24, 2.45) is 13.0 Å². The van der Waals surface area contributed by atoms with Crippen LogP contribution >= 0.6 is 11.8 Å². The zero-order valence-electron chi connectivity index (χ0n) is 18.4. The van der Waals surface area contributed by atoms with E-state index in [0.29, 0.717) is 16.4 Å². The lowest BCUT2D eigenvalue weighted by molar-refractivity contribution is -0.113. The number of fused-ring (bicyclic) bond motifs is 1. The first kappa shape index (κ1) is 22.5. The van der Waals surface area contributed by atoms with E-state index < -0.39 is 0 Å². The smallest absolute Gasteiger partial charge is 0.251 e. The van der Waals surface area contributed by atoms with Crippen LogP contribution in [0.5, 0.6) is 0 Å². The first-order valence-electron chi connectivity index (χ1n) is 10.4. The number of tetrazole rings is 1. The van der Waals surface area contributed by atoms with E-state index in [-0.39, 0.29) is 29.5 Å². The number of benzene rings is 2. The lowest BCUT2D eigenvalue weighted by atomic mass is 10.0. The molecule has 0 bridgehead atoms. The maximum absolute atomic E-state index is 12.9. The van der Waals surface area contributed by atoms with E-state index in [2.05, 4.69) is 36.1 Å². The molecule has 4 aromatic rings. The molecule has 33 heavy (non-hydrogen) atoms. The van der Waals surface area contributed by atoms with Crippen LogP contribution in [0, 0.1) is 5.92 Å². The predicted octanol–water partition coefficient (Wildman–Crippen LogP) is 2.94. The molecular weight excluding hydrogens is 440 g/mol. The molecule has 0 aliphatic carbocycles. The first-order chi connectivity index (χ1) is 15.9. The van der Waals surface area contributed by atoms with Gasteiger partial charge in [0.05, 0.1) is 22.8 Å². The van der Waals surface area contributed by atoms with Crippen molar-refractivity contribution >= 4 is 40.3 Å². The summed E-state index contributed by atoms with van der Waals surface area (Å²) in [5.41, 5.74) is 2.89. The summed E-state index contributed by atoms with van der Waals surface area (Å²) in [4.78, 5) is 33.0. The van der Waals surface area contributed by atoms with Crippen LogP contribution in [0.3, 0.4) is 0 Å². The molecule has 3 N–H and O–H groups in total. The average molecular weight is 465 g/mol. The Hall–Kier alpha value is -3.73. The summed E-state index contributed by atoms with van der Waals surface area (Å²) in [5, 5.41) is 17.5. The number of aryl methyl sites for hydroxylation is 1. The molecule has 4 rings (SSSR count). The summed E-state index contributed by atoms with van der Waals surface area (Å²) >= 11 is 1.24. The second kappa shape index (κ2) is 9.82. The summed E-state index contributed by atoms with van der Waals surface area (Å²) in [5.74, 6) is 0.625. The van der Waals surface area contributed by atoms with E-state index in [9.17, 15) is 9.59 Å². The minimum atomic E-state index is -0.267. The number of hydrogen-bond acceptors (Lipinski definition) is 7. The third-order valence-electron chi connectivity index (χ3n) is 5.00. The summed E-state index contributed by atoms with van der Waals surface area (Å²) in [6.45, 7) is 4.07. The van der Waals surface area contributed by atoms with Gasteiger partial charge in [0, 0.05) is 18.3 Å². The highest BCUT2D eigenvalue weighted by molar-refractivity contribution is 7.99. The van der Waals surface area contributed by atoms with Gasteiger partial charge in [-0.2, -0.15) is 0 Å². The molecule has 2 heterocycles. The Bertz CT molecular complexity index is 1230. The lowest BCUT2D eigenvalue weighted by Gasteiger charge is -2.20. The fraction of sp³-hybridized carbons (Fsp3) is 0.273. The van der Waals surface area contributed by atoms with Gasteiger partial charge in [-0.15, -0.1) is 5.10 Å². The third-order valence-corrected chi connectivity index (χ3v) is 6.01. The molecule has 10 nitrogen and oxygen atoms in total. The van der Waals surface area contributed by atoms with Gasteiger partial charge in [0.2, 0.25) is 11.1 Å². The van der Waals surface area contributed by atoms with Crippen LogP contribution in [0.1, 0.15) is 36.1 Å². The normalized spacial score (nSPS) is 12.1. The standard InChI is InChI=1S/C22H24N8O2S/c1-13(2)19(20-24-16-6-4-5-7-17(16)25-20)26-21(32)14-8-10-15(11-9-14)23-18(31)12-33-22-27-28-29-30(22)3/h4-11,13,19H,12H2,1-3H3,(H,23,31)(H,24,25)(H,26,32)/t19-/m0/s1. The number of carbonyl (C=O) groups excluding carboxylic acids is 2. The van der Waals surface area contributed by atoms with Crippen molar-refractivity contribution in [1.29, 1.82) is 0 Å². The number of aromatic amines is 1. The van der Waals surface area contributed by atoms with E-state index in [0.717, 1.165) is 16.9 Å². The average Bonchev–Trinajstić information content (AvgIpc) is 3.41. The molecule has 0 saturated carbocycles. The number of thioether (sulfide) groups is 1. The molecular formula is C22H24N8O2S. The molecule has 0 aliphatic heterocycles. The van der Waals surface area contributed by atoms with Crippen LogP contribution in [0.15, 0.2) is 53.7 Å². The Kier molecular flexibility index (Phi) is 6.68. The fourth-order valence-corrected chi connectivity index (χ4v) is 3.92. The van der Waals surface area contributed by atoms with Crippen LogP contribution < -0.4 is 10.6 Å². The molecule has 1 atom stereocenters. The van der Waals surface area contributed by atoms with Gasteiger partial charge in [-0.3, -0.25) is 9.59 Å². The van der Waals surface area contributed by atoms with E-state index >= 15 is 0 Å². The molecule has 0 aliphatic rings. The number of rotatable bonds is 8. The molecule has 2 aromatic heterocycles. The Labute approximate surface area is 194 Å². The Morgan fingerprint density at radius 2 is 1.88 bits per heavy atom. The lowest BCUT2D eigenvalue weighted by Crippen LogP contribution is -2.32. The Morgan fingerprint density at radius 3 is 2.55 bits per heavy atom. The number of amides is 2. The number of aromatic nitrogens is 6. The molecule has 0 unspecified atom stereocenters. The Balaban J connectivity index is 1.37. The molecule has 2 amide bonds. The minimum Gasteiger partial charge on any atom is -0.342 e. The zero-order chi connectivity index (χ0) is 23.4. The number of para-hydroxylation sites is 2. The van der Waals surface area contributed by atoms with Crippen molar-refractivity contribution in [3.8, 4) is 0 Å². The summed E-state index contributed by atoms with van der Waals surface area (Å²) in [6.07, 6.45) is 0. The quantitative estimate of drug-likeness (QED) is 0.342. The second-order valence-electron chi connectivity index (χ2n) is 7.83. The van der Waals surface area contributed by atoms with Crippen LogP contribution in [-0.4, -0.2) is 47.7 Å². The number of imidazole rings is 1. The van der Waals surface area contributed by atoms with E-state index in [1.54, 1.807) is 31.3 Å². The highest BCUT2D eigenvalue weighted by atomic mass is 32.2. The van der Waals surface area contributed by atoms with Crippen molar-refractivity contribution in [2.45, 2.75) is 25.0 Å². The number of nitrogens with zero attached hydrogens (tertiary/aromatic N) is 5. The molecule has 170 valence electrons. The number of anilines is 1. The summed E-state index contributed by atoms with van der Waals surface area (Å²) < 4.78 is 1.50. The molecule has 0 saturated heterocycles. The van der Waals surface area contributed by atoms with Gasteiger partial charge in [0.1, 0.15) is 5.82 Å². The van der Waals surface area contributed by atoms with Gasteiger partial charge in [-0.25, -0.2) is 9.67 Å². The van der Waals surface area contributed by atoms with Crippen molar-refractivity contribution in [2.75, 3.05) is 11.1 Å². The van der Waals surface area contributed by atoms with Crippen molar-refractivity contribution in [1.82, 2.24) is 35.5 Å². The van der Waals surface area contributed by atoms with Crippen LogP contribution in [0.4, 0.5) is 5.69 Å². The fourth-order valence-electron chi connectivity index (χ4n) is 3.27. The molecule has 2 aromatic carbocycles. The maximum Gasteiger partial charge on any atom is 0.251 e. The van der Waals surface area contributed by atoms with Gasteiger partial charge < -0.3 is 15.6 Å². The number of hydrogen-bond donors (Lipinski definition) is 3. The van der Waals surface area contributed by atoms with E-state index in [1.165, 1.54) is 16.4 Å². The third kappa shape index (κ3) is 5.37. The van der Waals surface area contributed by atoms with Crippen LogP contribution in [-0.2, 0) is 11.8 Å². The highest BCUT2D eigenvalue weighted by Gasteiger charge is 2.22. The van der Waals surface area contributed by atoms with Gasteiger partial charge in [0.15, 0.2) is 0 Å². The van der Waals surface area contributed by atoms with E-state index in [4.69, 9.17) is 0 Å². The van der Waals surface area contributed by atoms with Crippen LogP contribution in [0.2, 0.25) is 0 Å². The number of H-pyrrole nitrogens is 1.